The van der Waals surface area contributed by atoms with Crippen molar-refractivity contribution in [2.24, 2.45) is 0 Å². The number of benzene rings is 1. The van der Waals surface area contributed by atoms with Crippen molar-refractivity contribution >= 4 is 17.3 Å². The van der Waals surface area contributed by atoms with E-state index in [1.165, 1.54) is 17.0 Å². The zero-order chi connectivity index (χ0) is 15.3. The highest BCUT2D eigenvalue weighted by molar-refractivity contribution is 5.99. The van der Waals surface area contributed by atoms with Crippen molar-refractivity contribution in [2.75, 3.05) is 33.1 Å². The molecule has 1 aromatic rings. The normalized spacial score (nSPS) is 11.8. The lowest BCUT2D eigenvalue weighted by atomic mass is 10.1. The number of nitrogens with zero attached hydrogens (tertiary/aromatic N) is 2. The number of hydrogen-bond acceptors (Lipinski definition) is 5. The molecular formula is C13H19N3O4. The second-order valence-corrected chi connectivity index (χ2v) is 4.46. The zero-order valence-corrected chi connectivity index (χ0v) is 12.0. The SMILES string of the molecule is CNc1ccc([N+](=O)[O-])c(C(=O)N(C)C(C)COC)c1. The molecule has 0 aromatic heterocycles. The van der Waals surface area contributed by atoms with Crippen LogP contribution in [0, 0.1) is 10.1 Å². The number of carbonyl (C=O) groups is 1. The van der Waals surface area contributed by atoms with Gasteiger partial charge in [0, 0.05) is 33.0 Å². The van der Waals surface area contributed by atoms with Gasteiger partial charge in [-0.1, -0.05) is 0 Å². The number of carbonyl (C=O) groups excluding carboxylic acids is 1. The minimum atomic E-state index is -0.554. The van der Waals surface area contributed by atoms with E-state index >= 15 is 0 Å². The third kappa shape index (κ3) is 3.45. The van der Waals surface area contributed by atoms with Gasteiger partial charge in [0.1, 0.15) is 5.56 Å². The minimum Gasteiger partial charge on any atom is -0.388 e. The van der Waals surface area contributed by atoms with E-state index in [9.17, 15) is 14.9 Å². The maximum Gasteiger partial charge on any atom is 0.282 e. The fraction of sp³-hybridized carbons (Fsp3) is 0.462. The van der Waals surface area contributed by atoms with E-state index in [1.54, 1.807) is 27.3 Å². The lowest BCUT2D eigenvalue weighted by Gasteiger charge is -2.24. The highest BCUT2D eigenvalue weighted by Crippen LogP contribution is 2.24. The average Bonchev–Trinajstić information content (AvgIpc) is 2.45. The molecule has 1 N–H and O–H groups in total. The average molecular weight is 281 g/mol. The number of methoxy groups -OCH3 is 1. The van der Waals surface area contributed by atoms with Crippen LogP contribution in [0.3, 0.4) is 0 Å². The molecule has 0 aliphatic heterocycles. The van der Waals surface area contributed by atoms with Gasteiger partial charge < -0.3 is 15.0 Å². The number of ether oxygens (including phenoxy) is 1. The number of nitro groups is 1. The molecule has 1 rings (SSSR count). The molecule has 0 spiro atoms. The van der Waals surface area contributed by atoms with Gasteiger partial charge in [-0.2, -0.15) is 0 Å². The maximum atomic E-state index is 12.4. The molecule has 7 heteroatoms. The van der Waals surface area contributed by atoms with Gasteiger partial charge in [-0.25, -0.2) is 0 Å². The molecule has 20 heavy (non-hydrogen) atoms. The van der Waals surface area contributed by atoms with Crippen molar-refractivity contribution < 1.29 is 14.5 Å². The van der Waals surface area contributed by atoms with E-state index in [0.29, 0.717) is 12.3 Å². The number of likely N-dealkylation sites (N-methyl/N-ethyl adjacent to an activating group) is 1. The third-order valence-electron chi connectivity index (χ3n) is 3.10. The van der Waals surface area contributed by atoms with Crippen LogP contribution in [0.15, 0.2) is 18.2 Å². The fourth-order valence-electron chi connectivity index (χ4n) is 1.77. The summed E-state index contributed by atoms with van der Waals surface area (Å²) in [5.41, 5.74) is 0.504. The Hall–Kier alpha value is -2.15. The first-order valence-corrected chi connectivity index (χ1v) is 6.14. The summed E-state index contributed by atoms with van der Waals surface area (Å²) in [4.78, 5) is 24.3. The molecule has 0 saturated carbocycles. The number of hydrogen-bond donors (Lipinski definition) is 1. The monoisotopic (exact) mass is 281 g/mol. The van der Waals surface area contributed by atoms with Gasteiger partial charge in [0.15, 0.2) is 0 Å². The largest absolute Gasteiger partial charge is 0.388 e. The molecule has 1 atom stereocenters. The molecule has 1 aromatic carbocycles. The summed E-state index contributed by atoms with van der Waals surface area (Å²) in [5, 5.41) is 13.9. The number of rotatable bonds is 6. The topological polar surface area (TPSA) is 84.7 Å². The Morgan fingerprint density at radius 1 is 1.55 bits per heavy atom. The highest BCUT2D eigenvalue weighted by atomic mass is 16.6. The predicted octanol–water partition coefficient (Wildman–Crippen LogP) is 1.74. The van der Waals surface area contributed by atoms with Crippen molar-refractivity contribution in [2.45, 2.75) is 13.0 Å². The Balaban J connectivity index is 3.15. The van der Waals surface area contributed by atoms with Crippen molar-refractivity contribution in [1.29, 1.82) is 0 Å². The molecule has 0 aliphatic rings. The molecular weight excluding hydrogens is 262 g/mol. The molecule has 0 fully saturated rings. The van der Waals surface area contributed by atoms with Crippen LogP contribution in [0.25, 0.3) is 0 Å². The van der Waals surface area contributed by atoms with Crippen LogP contribution in [-0.2, 0) is 4.74 Å². The number of amides is 1. The summed E-state index contributed by atoms with van der Waals surface area (Å²) in [7, 11) is 4.83. The van der Waals surface area contributed by atoms with E-state index < -0.39 is 10.8 Å². The second kappa shape index (κ2) is 6.85. The summed E-state index contributed by atoms with van der Waals surface area (Å²) in [6.07, 6.45) is 0. The van der Waals surface area contributed by atoms with Crippen LogP contribution in [0.5, 0.6) is 0 Å². The third-order valence-corrected chi connectivity index (χ3v) is 3.10. The van der Waals surface area contributed by atoms with E-state index in [0.717, 1.165) is 0 Å². The predicted molar refractivity (Wildman–Crippen MR) is 76.1 cm³/mol. The fourth-order valence-corrected chi connectivity index (χ4v) is 1.77. The van der Waals surface area contributed by atoms with Gasteiger partial charge in [-0.15, -0.1) is 0 Å². The summed E-state index contributed by atoms with van der Waals surface area (Å²) in [6, 6.07) is 4.20. The van der Waals surface area contributed by atoms with Gasteiger partial charge in [0.2, 0.25) is 0 Å². The van der Waals surface area contributed by atoms with Crippen molar-refractivity contribution in [1.82, 2.24) is 4.90 Å². The summed E-state index contributed by atoms with van der Waals surface area (Å²) >= 11 is 0. The van der Waals surface area contributed by atoms with Crippen LogP contribution in [0.2, 0.25) is 0 Å². The summed E-state index contributed by atoms with van der Waals surface area (Å²) in [6.45, 7) is 2.18. The van der Waals surface area contributed by atoms with Gasteiger partial charge in [-0.05, 0) is 19.1 Å². The summed E-state index contributed by atoms with van der Waals surface area (Å²) < 4.78 is 4.99. The molecule has 110 valence electrons. The van der Waals surface area contributed by atoms with E-state index in [-0.39, 0.29) is 17.3 Å². The highest BCUT2D eigenvalue weighted by Gasteiger charge is 2.25. The van der Waals surface area contributed by atoms with Gasteiger partial charge in [0.05, 0.1) is 17.6 Å². The summed E-state index contributed by atoms with van der Waals surface area (Å²) in [5.74, 6) is -0.404. The van der Waals surface area contributed by atoms with Crippen LogP contribution in [0.4, 0.5) is 11.4 Å². The Morgan fingerprint density at radius 2 is 2.20 bits per heavy atom. The van der Waals surface area contributed by atoms with E-state index in [4.69, 9.17) is 4.74 Å². The van der Waals surface area contributed by atoms with Crippen molar-refractivity contribution in [3.63, 3.8) is 0 Å². The van der Waals surface area contributed by atoms with Gasteiger partial charge >= 0.3 is 0 Å². The Bertz CT molecular complexity index is 504. The first-order valence-electron chi connectivity index (χ1n) is 6.14. The molecule has 1 amide bonds. The standard InChI is InChI=1S/C13H19N3O4/c1-9(8-20-4)15(3)13(17)11-7-10(14-2)5-6-12(11)16(18)19/h5-7,9,14H,8H2,1-4H3. The minimum absolute atomic E-state index is 0.0623. The van der Waals surface area contributed by atoms with Gasteiger partial charge in [0.25, 0.3) is 11.6 Å². The Morgan fingerprint density at radius 3 is 2.70 bits per heavy atom. The molecule has 0 saturated heterocycles. The van der Waals surface area contributed by atoms with Crippen molar-refractivity contribution in [3.05, 3.63) is 33.9 Å². The first kappa shape index (κ1) is 15.9. The molecule has 0 aliphatic carbocycles. The van der Waals surface area contributed by atoms with Crippen molar-refractivity contribution in [3.8, 4) is 0 Å². The number of nitro benzene ring substituents is 1. The molecule has 0 bridgehead atoms. The lowest BCUT2D eigenvalue weighted by molar-refractivity contribution is -0.385. The zero-order valence-electron chi connectivity index (χ0n) is 12.0. The molecule has 1 unspecified atom stereocenters. The van der Waals surface area contributed by atoms with Crippen LogP contribution in [0.1, 0.15) is 17.3 Å². The van der Waals surface area contributed by atoms with Crippen LogP contribution >= 0.6 is 0 Å². The smallest absolute Gasteiger partial charge is 0.282 e. The maximum absolute atomic E-state index is 12.4. The van der Waals surface area contributed by atoms with Gasteiger partial charge in [-0.3, -0.25) is 14.9 Å². The lowest BCUT2D eigenvalue weighted by Crippen LogP contribution is -2.38. The second-order valence-electron chi connectivity index (χ2n) is 4.46. The Labute approximate surface area is 117 Å². The quantitative estimate of drug-likeness (QED) is 0.634. The number of anilines is 1. The van der Waals surface area contributed by atoms with Crippen LogP contribution in [-0.4, -0.2) is 49.6 Å². The van der Waals surface area contributed by atoms with E-state index in [1.807, 2.05) is 6.92 Å². The molecule has 0 radical (unpaired) electrons. The molecule has 7 nitrogen and oxygen atoms in total. The van der Waals surface area contributed by atoms with Crippen LogP contribution < -0.4 is 5.32 Å². The van der Waals surface area contributed by atoms with E-state index in [2.05, 4.69) is 5.32 Å². The Kier molecular flexibility index (Phi) is 5.45. The molecule has 0 heterocycles. The number of nitrogens with one attached hydrogen (secondary N) is 1. The first-order chi connectivity index (χ1) is 9.42.